The van der Waals surface area contributed by atoms with Crippen molar-refractivity contribution in [3.05, 3.63) is 52.2 Å². The fourth-order valence-electron chi connectivity index (χ4n) is 2.59. The average Bonchev–Trinajstić information content (AvgIpc) is 2.69. The minimum atomic E-state index is -0.658. The van der Waals surface area contributed by atoms with Crippen LogP contribution in [0, 0.1) is 0 Å². The lowest BCUT2D eigenvalue weighted by atomic mass is 10.2. The maximum atomic E-state index is 12.7. The maximum Gasteiger partial charge on any atom is 0.343 e. The van der Waals surface area contributed by atoms with Crippen molar-refractivity contribution in [3.63, 3.8) is 0 Å². The highest BCUT2D eigenvalue weighted by Gasteiger charge is 2.16. The van der Waals surface area contributed by atoms with Crippen LogP contribution in [0.3, 0.4) is 0 Å². The van der Waals surface area contributed by atoms with E-state index in [1.54, 1.807) is 31.2 Å². The molecule has 150 valence electrons. The van der Waals surface area contributed by atoms with Crippen molar-refractivity contribution >= 4 is 40.4 Å². The fourth-order valence-corrected chi connectivity index (χ4v) is 3.35. The number of rotatable bonds is 7. The van der Waals surface area contributed by atoms with Crippen molar-refractivity contribution in [2.24, 2.45) is 5.73 Å². The van der Waals surface area contributed by atoms with Crippen molar-refractivity contribution in [2.75, 3.05) is 12.3 Å². The molecule has 0 unspecified atom stereocenters. The molecule has 11 heteroatoms. The number of primary amides is 1. The van der Waals surface area contributed by atoms with Gasteiger partial charge in [-0.05, 0) is 19.1 Å². The molecule has 0 aliphatic heterocycles. The number of carbonyl (C=O) groups excluding carboxylic acids is 2. The maximum absolute atomic E-state index is 12.7. The van der Waals surface area contributed by atoms with Gasteiger partial charge in [0.05, 0.1) is 23.3 Å². The van der Waals surface area contributed by atoms with Crippen LogP contribution in [0.1, 0.15) is 23.1 Å². The fraction of sp³-hybridized carbons (Fsp3) is 0.222. The molecule has 0 bridgehead atoms. The number of carbonyl (C=O) groups is 2. The van der Waals surface area contributed by atoms with E-state index in [4.69, 9.17) is 16.2 Å². The molecule has 0 atom stereocenters. The van der Waals surface area contributed by atoms with Gasteiger partial charge in [-0.25, -0.2) is 19.7 Å². The lowest BCUT2D eigenvalue weighted by Crippen LogP contribution is -2.31. The molecule has 0 aliphatic carbocycles. The number of nitrogens with zero attached hydrogens (tertiary/aromatic N) is 4. The highest BCUT2D eigenvalue weighted by Crippen LogP contribution is 2.21. The molecule has 4 N–H and O–H groups in total. The van der Waals surface area contributed by atoms with Gasteiger partial charge in [-0.1, -0.05) is 23.9 Å². The van der Waals surface area contributed by atoms with E-state index in [2.05, 4.69) is 15.0 Å². The molecule has 3 aromatic rings. The van der Waals surface area contributed by atoms with Crippen molar-refractivity contribution in [1.82, 2.24) is 19.5 Å². The van der Waals surface area contributed by atoms with Crippen molar-refractivity contribution in [2.45, 2.75) is 24.4 Å². The third-order valence-electron chi connectivity index (χ3n) is 3.88. The summed E-state index contributed by atoms with van der Waals surface area (Å²) in [6.07, 6.45) is 1.28. The van der Waals surface area contributed by atoms with Crippen LogP contribution in [0.5, 0.6) is 0 Å². The van der Waals surface area contributed by atoms with E-state index in [1.807, 2.05) is 0 Å². The third kappa shape index (κ3) is 4.51. The first kappa shape index (κ1) is 20.3. The van der Waals surface area contributed by atoms with E-state index in [-0.39, 0.29) is 41.0 Å². The van der Waals surface area contributed by atoms with Gasteiger partial charge in [0.2, 0.25) is 5.91 Å². The number of thioether (sulfide) groups is 1. The second-order valence-electron chi connectivity index (χ2n) is 5.86. The van der Waals surface area contributed by atoms with Gasteiger partial charge in [0.25, 0.3) is 5.56 Å². The molecular formula is C18H18N6O4S. The van der Waals surface area contributed by atoms with Gasteiger partial charge < -0.3 is 16.2 Å². The van der Waals surface area contributed by atoms with E-state index in [0.29, 0.717) is 16.7 Å². The summed E-state index contributed by atoms with van der Waals surface area (Å²) in [4.78, 5) is 48.6. The number of nitrogen functional groups attached to an aromatic ring is 1. The summed E-state index contributed by atoms with van der Waals surface area (Å²) < 4.78 is 6.12. The normalized spacial score (nSPS) is 10.8. The molecule has 10 nitrogen and oxygen atoms in total. The van der Waals surface area contributed by atoms with Crippen molar-refractivity contribution < 1.29 is 14.3 Å². The zero-order chi connectivity index (χ0) is 21.0. The van der Waals surface area contributed by atoms with Crippen LogP contribution >= 0.6 is 11.8 Å². The molecule has 0 aliphatic rings. The average molecular weight is 414 g/mol. The lowest BCUT2D eigenvalue weighted by Gasteiger charge is -2.12. The summed E-state index contributed by atoms with van der Waals surface area (Å²) in [7, 11) is 0. The van der Waals surface area contributed by atoms with Crippen molar-refractivity contribution in [1.29, 1.82) is 0 Å². The Balaban J connectivity index is 1.90. The number of hydrogen-bond acceptors (Lipinski definition) is 9. The van der Waals surface area contributed by atoms with Crippen LogP contribution in [-0.2, 0) is 21.8 Å². The highest BCUT2D eigenvalue weighted by molar-refractivity contribution is 7.98. The Morgan fingerprint density at radius 3 is 2.69 bits per heavy atom. The van der Waals surface area contributed by atoms with E-state index in [1.165, 1.54) is 10.8 Å². The number of ether oxygens (including phenoxy) is 1. The minimum Gasteiger partial charge on any atom is -0.462 e. The lowest BCUT2D eigenvalue weighted by molar-refractivity contribution is -0.118. The Hall–Kier alpha value is -3.47. The van der Waals surface area contributed by atoms with E-state index in [0.717, 1.165) is 11.8 Å². The van der Waals surface area contributed by atoms with Gasteiger partial charge in [-0.3, -0.25) is 14.2 Å². The van der Waals surface area contributed by atoms with Crippen LogP contribution < -0.4 is 17.0 Å². The monoisotopic (exact) mass is 414 g/mol. The van der Waals surface area contributed by atoms with Crippen LogP contribution in [0.2, 0.25) is 0 Å². The largest absolute Gasteiger partial charge is 0.462 e. The molecule has 1 amide bonds. The molecule has 2 aromatic heterocycles. The van der Waals surface area contributed by atoms with Gasteiger partial charge in [0.15, 0.2) is 5.16 Å². The second-order valence-corrected chi connectivity index (χ2v) is 6.81. The smallest absolute Gasteiger partial charge is 0.343 e. The van der Waals surface area contributed by atoms with Gasteiger partial charge in [-0.2, -0.15) is 0 Å². The van der Waals surface area contributed by atoms with E-state index < -0.39 is 11.9 Å². The number of hydrogen-bond donors (Lipinski definition) is 2. The Labute approximate surface area is 169 Å². The summed E-state index contributed by atoms with van der Waals surface area (Å²) in [5, 5.41) is 0.672. The van der Waals surface area contributed by atoms with Crippen LogP contribution in [0.15, 0.2) is 40.4 Å². The van der Waals surface area contributed by atoms with E-state index in [9.17, 15) is 14.4 Å². The predicted molar refractivity (Wildman–Crippen MR) is 107 cm³/mol. The van der Waals surface area contributed by atoms with Crippen molar-refractivity contribution in [3.8, 4) is 0 Å². The topological polar surface area (TPSA) is 156 Å². The number of esters is 1. The number of amides is 1. The Morgan fingerprint density at radius 2 is 2.00 bits per heavy atom. The molecule has 0 spiro atoms. The second kappa shape index (κ2) is 8.69. The van der Waals surface area contributed by atoms with Gasteiger partial charge in [0.1, 0.15) is 23.8 Å². The summed E-state index contributed by atoms with van der Waals surface area (Å²) >= 11 is 1.15. The predicted octanol–water partition coefficient (Wildman–Crippen LogP) is 0.723. The molecule has 1 aromatic carbocycles. The molecule has 2 heterocycles. The molecule has 3 rings (SSSR count). The molecule has 29 heavy (non-hydrogen) atoms. The minimum absolute atomic E-state index is 0.0121. The van der Waals surface area contributed by atoms with E-state index >= 15 is 0 Å². The Morgan fingerprint density at radius 1 is 1.24 bits per heavy atom. The quantitative estimate of drug-likeness (QED) is 0.323. The number of aromatic nitrogens is 4. The summed E-state index contributed by atoms with van der Waals surface area (Å²) in [5.41, 5.74) is 11.3. The molecular weight excluding hydrogens is 396 g/mol. The van der Waals surface area contributed by atoms with Crippen LogP contribution in [-0.4, -0.2) is 38.0 Å². The number of para-hydroxylation sites is 1. The first-order valence-corrected chi connectivity index (χ1v) is 9.58. The molecule has 0 saturated heterocycles. The van der Waals surface area contributed by atoms with Gasteiger partial charge in [0, 0.05) is 6.20 Å². The number of benzene rings is 1. The van der Waals surface area contributed by atoms with Crippen LogP contribution in [0.4, 0.5) is 5.82 Å². The zero-order valence-corrected chi connectivity index (χ0v) is 16.3. The standard InChI is InChI=1S/C18H18N6O4S/c1-2-28-17(27)11-7-21-18(23-15(11)20)29-9-14-22-12-6-4-3-5-10(12)16(26)24(14)8-13(19)25/h3-7H,2,8-9H2,1H3,(H2,19,25)(H2,20,21,23). The number of anilines is 1. The summed E-state index contributed by atoms with van der Waals surface area (Å²) in [5.74, 6) is -0.746. The molecule has 0 radical (unpaired) electrons. The van der Waals surface area contributed by atoms with Crippen LogP contribution in [0.25, 0.3) is 10.9 Å². The Bertz CT molecular complexity index is 1150. The highest BCUT2D eigenvalue weighted by atomic mass is 32.2. The Kier molecular flexibility index (Phi) is 6.07. The zero-order valence-electron chi connectivity index (χ0n) is 15.5. The number of fused-ring (bicyclic) bond motifs is 1. The third-order valence-corrected chi connectivity index (χ3v) is 4.73. The first-order chi connectivity index (χ1) is 13.9. The number of nitrogens with two attached hydrogens (primary N) is 2. The SMILES string of the molecule is CCOC(=O)c1cnc(SCc2nc3ccccc3c(=O)n2CC(N)=O)nc1N. The molecule has 0 saturated carbocycles. The van der Waals surface area contributed by atoms with Gasteiger partial charge >= 0.3 is 5.97 Å². The first-order valence-electron chi connectivity index (χ1n) is 8.60. The summed E-state index contributed by atoms with van der Waals surface area (Å²) in [6, 6.07) is 6.83. The molecule has 0 fully saturated rings. The summed E-state index contributed by atoms with van der Waals surface area (Å²) in [6.45, 7) is 1.60. The van der Waals surface area contributed by atoms with Gasteiger partial charge in [-0.15, -0.1) is 0 Å².